The van der Waals surface area contributed by atoms with Gasteiger partial charge >= 0.3 is 6.18 Å². The van der Waals surface area contributed by atoms with Gasteiger partial charge in [0.1, 0.15) is 11.6 Å². The van der Waals surface area contributed by atoms with Crippen LogP contribution in [0, 0.1) is 12.7 Å². The van der Waals surface area contributed by atoms with Gasteiger partial charge in [-0.15, -0.1) is 0 Å². The molecule has 8 heteroatoms. The van der Waals surface area contributed by atoms with Crippen LogP contribution in [0.2, 0.25) is 5.02 Å². The predicted molar refractivity (Wildman–Crippen MR) is 102 cm³/mol. The van der Waals surface area contributed by atoms with Gasteiger partial charge < -0.3 is 9.40 Å². The second-order valence-corrected chi connectivity index (χ2v) is 6.83. The molecule has 2 aromatic heterocycles. The summed E-state index contributed by atoms with van der Waals surface area (Å²) in [5.74, 6) is 0.875. The minimum atomic E-state index is -4.52. The molecular formula is C21H13ClF4N2O. The molecule has 0 atom stereocenters. The molecule has 0 saturated heterocycles. The molecule has 0 amide bonds. The Balaban J connectivity index is 1.66. The lowest BCUT2D eigenvalue weighted by atomic mass is 10.1. The Morgan fingerprint density at radius 2 is 1.59 bits per heavy atom. The molecule has 148 valence electrons. The summed E-state index contributed by atoms with van der Waals surface area (Å²) in [4.78, 5) is 7.61. The molecule has 0 fully saturated rings. The molecule has 1 N–H and O–H groups in total. The van der Waals surface area contributed by atoms with Gasteiger partial charge in [-0.2, -0.15) is 13.2 Å². The molecule has 3 nitrogen and oxygen atoms in total. The van der Waals surface area contributed by atoms with Crippen molar-refractivity contribution in [2.45, 2.75) is 13.1 Å². The van der Waals surface area contributed by atoms with Crippen molar-refractivity contribution in [1.82, 2.24) is 9.97 Å². The van der Waals surface area contributed by atoms with Crippen molar-refractivity contribution >= 4 is 11.6 Å². The first-order chi connectivity index (χ1) is 13.7. The largest absolute Gasteiger partial charge is 0.453 e. The van der Waals surface area contributed by atoms with Crippen LogP contribution in [0.15, 0.2) is 59.0 Å². The SMILES string of the molecule is Cc1[nH]c(-c2ccc(-c3ccc(C(F)(F)F)c(Cl)c3)o2)nc1-c1ccc(F)cc1. The molecule has 2 aromatic carbocycles. The van der Waals surface area contributed by atoms with Crippen LogP contribution in [0.25, 0.3) is 34.2 Å². The molecule has 0 aliphatic rings. The number of aromatic amines is 1. The van der Waals surface area contributed by atoms with E-state index in [9.17, 15) is 17.6 Å². The van der Waals surface area contributed by atoms with Crippen LogP contribution in [0.1, 0.15) is 11.3 Å². The molecule has 0 unspecified atom stereocenters. The molecule has 0 aliphatic heterocycles. The number of hydrogen-bond acceptors (Lipinski definition) is 2. The van der Waals surface area contributed by atoms with Crippen molar-refractivity contribution in [3.05, 3.63) is 76.7 Å². The highest BCUT2D eigenvalue weighted by Gasteiger charge is 2.33. The first-order valence-corrected chi connectivity index (χ1v) is 8.90. The van der Waals surface area contributed by atoms with E-state index in [2.05, 4.69) is 9.97 Å². The molecule has 0 spiro atoms. The van der Waals surface area contributed by atoms with E-state index in [0.717, 1.165) is 17.3 Å². The van der Waals surface area contributed by atoms with Crippen LogP contribution in [-0.2, 0) is 6.18 Å². The number of nitrogens with one attached hydrogen (secondary N) is 1. The molecule has 4 aromatic rings. The van der Waals surface area contributed by atoms with Crippen LogP contribution in [0.3, 0.4) is 0 Å². The number of nitrogens with zero attached hydrogens (tertiary/aromatic N) is 1. The summed E-state index contributed by atoms with van der Waals surface area (Å²) in [7, 11) is 0. The lowest BCUT2D eigenvalue weighted by Gasteiger charge is -2.09. The summed E-state index contributed by atoms with van der Waals surface area (Å²) in [5.41, 5.74) is 1.67. The highest BCUT2D eigenvalue weighted by molar-refractivity contribution is 6.31. The minimum Gasteiger partial charge on any atom is -0.453 e. The van der Waals surface area contributed by atoms with Gasteiger partial charge in [-0.3, -0.25) is 0 Å². The number of furan rings is 1. The van der Waals surface area contributed by atoms with Crippen LogP contribution >= 0.6 is 11.6 Å². The normalized spacial score (nSPS) is 11.8. The molecule has 0 aliphatic carbocycles. The fourth-order valence-corrected chi connectivity index (χ4v) is 3.27. The highest BCUT2D eigenvalue weighted by atomic mass is 35.5. The molecular weight excluding hydrogens is 408 g/mol. The third-order valence-electron chi connectivity index (χ3n) is 4.40. The van der Waals surface area contributed by atoms with Gasteiger partial charge in [-0.1, -0.05) is 17.7 Å². The summed E-state index contributed by atoms with van der Waals surface area (Å²) in [6.45, 7) is 1.83. The number of aryl methyl sites for hydroxylation is 1. The smallest absolute Gasteiger partial charge is 0.417 e. The maximum absolute atomic E-state index is 13.1. The number of H-pyrrole nitrogens is 1. The van der Waals surface area contributed by atoms with Gasteiger partial charge in [0, 0.05) is 16.8 Å². The first kappa shape index (κ1) is 19.3. The van der Waals surface area contributed by atoms with Crippen molar-refractivity contribution in [2.75, 3.05) is 0 Å². The summed E-state index contributed by atoms with van der Waals surface area (Å²) in [6, 6.07) is 12.7. The van der Waals surface area contributed by atoms with Crippen LogP contribution in [0.4, 0.5) is 17.6 Å². The minimum absolute atomic E-state index is 0.340. The molecule has 4 rings (SSSR count). The zero-order valence-electron chi connectivity index (χ0n) is 14.9. The standard InChI is InChI=1S/C21H13ClF4N2O/c1-11-19(12-2-5-14(23)6-3-12)28-20(27-11)18-9-8-17(29-18)13-4-7-15(16(22)10-13)21(24,25)26/h2-10H,1H3,(H,27,28). The number of benzene rings is 2. The third kappa shape index (κ3) is 3.78. The second kappa shape index (κ2) is 7.08. The Morgan fingerprint density at radius 3 is 2.24 bits per heavy atom. The maximum atomic E-state index is 13.1. The van der Waals surface area contributed by atoms with Gasteiger partial charge in [0.2, 0.25) is 0 Å². The van der Waals surface area contributed by atoms with Crippen molar-refractivity contribution in [3.63, 3.8) is 0 Å². The third-order valence-corrected chi connectivity index (χ3v) is 4.71. The van der Waals surface area contributed by atoms with Gasteiger partial charge in [-0.05, 0) is 55.5 Å². The van der Waals surface area contributed by atoms with Crippen LogP contribution in [0.5, 0.6) is 0 Å². The zero-order valence-corrected chi connectivity index (χ0v) is 15.7. The van der Waals surface area contributed by atoms with Gasteiger partial charge in [0.25, 0.3) is 0 Å². The predicted octanol–water partition coefficient (Wildman–Crippen LogP) is 7.12. The summed E-state index contributed by atoms with van der Waals surface area (Å²) in [5, 5.41) is -0.402. The summed E-state index contributed by atoms with van der Waals surface area (Å²) >= 11 is 5.78. The zero-order chi connectivity index (χ0) is 20.8. The average molecular weight is 421 g/mol. The maximum Gasteiger partial charge on any atom is 0.417 e. The number of rotatable bonds is 3. The quantitative estimate of drug-likeness (QED) is 0.358. The lowest BCUT2D eigenvalue weighted by molar-refractivity contribution is -0.137. The number of alkyl halides is 3. The van der Waals surface area contributed by atoms with E-state index in [1.165, 1.54) is 24.3 Å². The Labute approximate surface area is 168 Å². The summed E-state index contributed by atoms with van der Waals surface area (Å²) < 4.78 is 57.5. The molecule has 29 heavy (non-hydrogen) atoms. The van der Waals surface area contributed by atoms with E-state index in [-0.39, 0.29) is 5.82 Å². The monoisotopic (exact) mass is 420 g/mol. The molecule has 0 saturated carbocycles. The molecule has 0 bridgehead atoms. The average Bonchev–Trinajstić information content (AvgIpc) is 3.28. The Kier molecular flexibility index (Phi) is 4.70. The number of halogens is 5. The Morgan fingerprint density at radius 1 is 0.931 bits per heavy atom. The van der Waals surface area contributed by atoms with Crippen molar-refractivity contribution in [1.29, 1.82) is 0 Å². The molecule has 0 radical (unpaired) electrons. The van der Waals surface area contributed by atoms with Gasteiger partial charge in [-0.25, -0.2) is 9.37 Å². The van der Waals surface area contributed by atoms with E-state index < -0.39 is 16.8 Å². The fraction of sp³-hybridized carbons (Fsp3) is 0.0952. The first-order valence-electron chi connectivity index (χ1n) is 8.52. The second-order valence-electron chi connectivity index (χ2n) is 6.42. The topological polar surface area (TPSA) is 41.8 Å². The van der Waals surface area contributed by atoms with Crippen molar-refractivity contribution in [3.8, 4) is 34.2 Å². The Bertz CT molecular complexity index is 1180. The fourth-order valence-electron chi connectivity index (χ4n) is 2.98. The van der Waals surface area contributed by atoms with Gasteiger partial charge in [0.15, 0.2) is 11.6 Å². The van der Waals surface area contributed by atoms with E-state index in [1.54, 1.807) is 24.3 Å². The van der Waals surface area contributed by atoms with Crippen molar-refractivity contribution < 1.29 is 22.0 Å². The van der Waals surface area contributed by atoms with E-state index >= 15 is 0 Å². The van der Waals surface area contributed by atoms with Gasteiger partial charge in [0.05, 0.1) is 16.3 Å². The summed E-state index contributed by atoms with van der Waals surface area (Å²) in [6.07, 6.45) is -4.52. The number of hydrogen-bond donors (Lipinski definition) is 1. The Hall–Kier alpha value is -3.06. The van der Waals surface area contributed by atoms with Crippen LogP contribution < -0.4 is 0 Å². The van der Waals surface area contributed by atoms with E-state index in [0.29, 0.717) is 28.6 Å². The van der Waals surface area contributed by atoms with Crippen molar-refractivity contribution in [2.24, 2.45) is 0 Å². The number of imidazole rings is 1. The molecule has 2 heterocycles. The van der Waals surface area contributed by atoms with E-state index in [4.69, 9.17) is 16.0 Å². The van der Waals surface area contributed by atoms with Crippen LogP contribution in [-0.4, -0.2) is 9.97 Å². The lowest BCUT2D eigenvalue weighted by Crippen LogP contribution is -2.05. The van der Waals surface area contributed by atoms with E-state index in [1.807, 2.05) is 6.92 Å². The highest BCUT2D eigenvalue weighted by Crippen LogP contribution is 2.37. The number of aromatic nitrogens is 2.